The fourth-order valence-corrected chi connectivity index (χ4v) is 4.74. The maximum absolute atomic E-state index is 12.6. The van der Waals surface area contributed by atoms with Gasteiger partial charge in [-0.25, -0.2) is 0 Å². The summed E-state index contributed by atoms with van der Waals surface area (Å²) in [6, 6.07) is 9.75. The van der Waals surface area contributed by atoms with Crippen molar-refractivity contribution in [1.29, 1.82) is 0 Å². The van der Waals surface area contributed by atoms with E-state index in [1.54, 1.807) is 6.08 Å². The largest absolute Gasteiger partial charge is 0.396 e. The van der Waals surface area contributed by atoms with Crippen molar-refractivity contribution in [3.05, 3.63) is 42.0 Å². The molecule has 1 aromatic rings. The highest BCUT2D eigenvalue weighted by molar-refractivity contribution is 5.92. The van der Waals surface area contributed by atoms with Crippen LogP contribution < -0.4 is 0 Å². The molecule has 3 heterocycles. The Bertz CT molecular complexity index is 763. The Morgan fingerprint density at radius 2 is 1.86 bits per heavy atom. The molecule has 0 spiro atoms. The van der Waals surface area contributed by atoms with Crippen molar-refractivity contribution in [2.45, 2.75) is 0 Å². The lowest BCUT2D eigenvalue weighted by Crippen LogP contribution is -2.46. The Balaban J connectivity index is 1.34. The summed E-state index contributed by atoms with van der Waals surface area (Å²) in [5.41, 5.74) is 0.659. The van der Waals surface area contributed by atoms with E-state index in [0.29, 0.717) is 52.5 Å². The van der Waals surface area contributed by atoms with Crippen LogP contribution in [-0.4, -0.2) is 97.3 Å². The van der Waals surface area contributed by atoms with Gasteiger partial charge in [0.1, 0.15) is 0 Å². The lowest BCUT2D eigenvalue weighted by Gasteiger charge is -2.30. The van der Waals surface area contributed by atoms with Crippen molar-refractivity contribution in [2.24, 2.45) is 11.3 Å². The number of morpholine rings is 1. The molecule has 1 N–H and O–H groups in total. The molecule has 156 valence electrons. The first-order valence-electron chi connectivity index (χ1n) is 10.3. The molecule has 3 saturated heterocycles. The highest BCUT2D eigenvalue weighted by Gasteiger charge is 2.53. The first-order chi connectivity index (χ1) is 14.1. The molecular weight excluding hydrogens is 370 g/mol. The number of ether oxygens (including phenoxy) is 1. The predicted molar refractivity (Wildman–Crippen MR) is 109 cm³/mol. The van der Waals surface area contributed by atoms with Crippen molar-refractivity contribution in [3.8, 4) is 0 Å². The Kier molecular flexibility index (Phi) is 5.99. The third-order valence-corrected chi connectivity index (χ3v) is 6.40. The molecule has 3 aliphatic rings. The molecule has 7 nitrogen and oxygen atoms in total. The molecule has 1 aromatic carbocycles. The number of aliphatic hydroxyl groups is 1. The first kappa shape index (κ1) is 20.1. The second-order valence-electron chi connectivity index (χ2n) is 8.34. The van der Waals surface area contributed by atoms with E-state index in [9.17, 15) is 14.7 Å². The number of carbonyl (C=O) groups is 2. The number of hydrogen-bond donors (Lipinski definition) is 1. The Hall–Kier alpha value is -2.22. The van der Waals surface area contributed by atoms with Crippen LogP contribution in [-0.2, 0) is 14.3 Å². The highest BCUT2D eigenvalue weighted by Crippen LogP contribution is 2.42. The van der Waals surface area contributed by atoms with Gasteiger partial charge in [-0.2, -0.15) is 0 Å². The number of rotatable bonds is 5. The number of fused-ring (bicyclic) bond motifs is 1. The Morgan fingerprint density at radius 3 is 2.55 bits per heavy atom. The van der Waals surface area contributed by atoms with Gasteiger partial charge in [0.05, 0.1) is 26.4 Å². The van der Waals surface area contributed by atoms with E-state index in [2.05, 4.69) is 4.90 Å². The normalized spacial score (nSPS) is 27.6. The third-order valence-electron chi connectivity index (χ3n) is 6.40. The molecule has 7 heteroatoms. The molecule has 29 heavy (non-hydrogen) atoms. The summed E-state index contributed by atoms with van der Waals surface area (Å²) in [4.78, 5) is 31.0. The van der Waals surface area contributed by atoms with E-state index in [-0.39, 0.29) is 29.8 Å². The van der Waals surface area contributed by atoms with Crippen LogP contribution in [0.4, 0.5) is 0 Å². The van der Waals surface area contributed by atoms with Crippen LogP contribution in [0.3, 0.4) is 0 Å². The van der Waals surface area contributed by atoms with Gasteiger partial charge < -0.3 is 19.6 Å². The van der Waals surface area contributed by atoms with Gasteiger partial charge in [-0.15, -0.1) is 0 Å². The maximum atomic E-state index is 12.6. The van der Waals surface area contributed by atoms with Crippen molar-refractivity contribution >= 4 is 17.9 Å². The van der Waals surface area contributed by atoms with E-state index in [1.807, 2.05) is 46.2 Å². The van der Waals surface area contributed by atoms with Gasteiger partial charge in [-0.1, -0.05) is 30.3 Å². The molecule has 3 aliphatic heterocycles. The summed E-state index contributed by atoms with van der Waals surface area (Å²) < 4.78 is 5.31. The molecule has 0 unspecified atom stereocenters. The van der Waals surface area contributed by atoms with E-state index in [0.717, 1.165) is 12.1 Å². The van der Waals surface area contributed by atoms with Crippen LogP contribution in [0, 0.1) is 11.3 Å². The molecule has 0 saturated carbocycles. The minimum absolute atomic E-state index is 0.0213. The molecule has 0 aromatic heterocycles. The molecule has 2 amide bonds. The molecular formula is C22H29N3O4. The van der Waals surface area contributed by atoms with Gasteiger partial charge in [0, 0.05) is 50.8 Å². The Morgan fingerprint density at radius 1 is 1.10 bits per heavy atom. The predicted octanol–water partition coefficient (Wildman–Crippen LogP) is 0.311. The standard InChI is InChI=1S/C22H29N3O4/c26-17-22-15-23(14-21(28)24-8-10-29-11-9-24)12-19(22)13-25(16-22)20(27)7-6-18-4-2-1-3-5-18/h1-7,19,26H,8-17H2/b7-6+/t19-,22+/m0/s1. The SMILES string of the molecule is O=C(/C=C/c1ccccc1)N1C[C@@H]2CN(CC(=O)N3CCOCC3)C[C@]2(CO)C1. The lowest BCUT2D eigenvalue weighted by molar-refractivity contribution is -0.136. The van der Waals surface area contributed by atoms with Gasteiger partial charge in [0.2, 0.25) is 11.8 Å². The van der Waals surface area contributed by atoms with E-state index in [4.69, 9.17) is 4.74 Å². The fraction of sp³-hybridized carbons (Fsp3) is 0.545. The fourth-order valence-electron chi connectivity index (χ4n) is 4.74. The second kappa shape index (κ2) is 8.65. The summed E-state index contributed by atoms with van der Waals surface area (Å²) in [5.74, 6) is 0.297. The molecule has 0 radical (unpaired) electrons. The van der Waals surface area contributed by atoms with Gasteiger partial charge in [0.25, 0.3) is 0 Å². The summed E-state index contributed by atoms with van der Waals surface area (Å²) in [6.07, 6.45) is 3.44. The van der Waals surface area contributed by atoms with Gasteiger partial charge in [-0.3, -0.25) is 14.5 Å². The lowest BCUT2D eigenvalue weighted by atomic mass is 9.82. The van der Waals surface area contributed by atoms with Crippen LogP contribution in [0.5, 0.6) is 0 Å². The third kappa shape index (κ3) is 4.37. The van der Waals surface area contributed by atoms with Gasteiger partial charge in [-0.05, 0) is 17.6 Å². The van der Waals surface area contributed by atoms with E-state index in [1.165, 1.54) is 0 Å². The van der Waals surface area contributed by atoms with Crippen molar-refractivity contribution in [3.63, 3.8) is 0 Å². The molecule has 3 fully saturated rings. The summed E-state index contributed by atoms with van der Waals surface area (Å²) in [7, 11) is 0. The Labute approximate surface area is 171 Å². The van der Waals surface area contributed by atoms with E-state index < -0.39 is 0 Å². The smallest absolute Gasteiger partial charge is 0.246 e. The number of carbonyl (C=O) groups excluding carboxylic acids is 2. The number of amides is 2. The van der Waals surface area contributed by atoms with Gasteiger partial charge >= 0.3 is 0 Å². The average Bonchev–Trinajstić information content (AvgIpc) is 3.27. The average molecular weight is 399 g/mol. The minimum atomic E-state index is -0.332. The molecule has 0 bridgehead atoms. The van der Waals surface area contributed by atoms with Crippen LogP contribution >= 0.6 is 0 Å². The second-order valence-corrected chi connectivity index (χ2v) is 8.34. The van der Waals surface area contributed by atoms with Crippen molar-refractivity contribution in [2.75, 3.05) is 65.6 Å². The summed E-state index contributed by atoms with van der Waals surface area (Å²) >= 11 is 0. The molecule has 4 rings (SSSR count). The number of benzene rings is 1. The zero-order chi connectivity index (χ0) is 20.3. The zero-order valence-corrected chi connectivity index (χ0v) is 16.7. The van der Waals surface area contributed by atoms with Crippen molar-refractivity contribution < 1.29 is 19.4 Å². The summed E-state index contributed by atoms with van der Waals surface area (Å²) in [6.45, 7) is 5.46. The van der Waals surface area contributed by atoms with Crippen molar-refractivity contribution in [1.82, 2.24) is 14.7 Å². The maximum Gasteiger partial charge on any atom is 0.246 e. The van der Waals surface area contributed by atoms with Crippen LogP contribution in [0.2, 0.25) is 0 Å². The quantitative estimate of drug-likeness (QED) is 0.722. The highest BCUT2D eigenvalue weighted by atomic mass is 16.5. The van der Waals surface area contributed by atoms with E-state index >= 15 is 0 Å². The zero-order valence-electron chi connectivity index (χ0n) is 16.7. The molecule has 2 atom stereocenters. The molecule has 0 aliphatic carbocycles. The topological polar surface area (TPSA) is 73.3 Å². The first-order valence-corrected chi connectivity index (χ1v) is 10.3. The van der Waals surface area contributed by atoms with Crippen LogP contribution in [0.25, 0.3) is 6.08 Å². The number of hydrogen-bond acceptors (Lipinski definition) is 5. The monoisotopic (exact) mass is 399 g/mol. The summed E-state index contributed by atoms with van der Waals surface area (Å²) in [5, 5.41) is 10.1. The number of aliphatic hydroxyl groups excluding tert-OH is 1. The number of likely N-dealkylation sites (tertiary alicyclic amines) is 2. The minimum Gasteiger partial charge on any atom is -0.396 e. The number of nitrogens with zero attached hydrogens (tertiary/aromatic N) is 3. The van der Waals surface area contributed by atoms with Gasteiger partial charge in [0.15, 0.2) is 0 Å². The van der Waals surface area contributed by atoms with Crippen LogP contribution in [0.15, 0.2) is 36.4 Å². The van der Waals surface area contributed by atoms with Crippen LogP contribution in [0.1, 0.15) is 5.56 Å².